The molecule has 0 heterocycles. The van der Waals surface area contributed by atoms with E-state index in [-0.39, 0.29) is 5.92 Å². The zero-order valence-electron chi connectivity index (χ0n) is 11.8. The van der Waals surface area contributed by atoms with Gasteiger partial charge in [-0.1, -0.05) is 30.3 Å². The number of hydrogen-bond acceptors (Lipinski definition) is 4. The van der Waals surface area contributed by atoms with Crippen molar-refractivity contribution in [3.05, 3.63) is 35.9 Å². The fraction of sp³-hybridized carbons (Fsp3) is 0.467. The van der Waals surface area contributed by atoms with Gasteiger partial charge in [-0.25, -0.2) is 4.79 Å². The van der Waals surface area contributed by atoms with Gasteiger partial charge < -0.3 is 20.0 Å². The largest absolute Gasteiger partial charge is 0.548 e. The Morgan fingerprint density at radius 2 is 1.90 bits per heavy atom. The highest BCUT2D eigenvalue weighted by Gasteiger charge is 2.58. The van der Waals surface area contributed by atoms with Gasteiger partial charge in [-0.2, -0.15) is 0 Å². The van der Waals surface area contributed by atoms with Gasteiger partial charge in [-0.05, 0) is 32.8 Å². The predicted molar refractivity (Wildman–Crippen MR) is 70.9 cm³/mol. The summed E-state index contributed by atoms with van der Waals surface area (Å²) in [5.41, 5.74) is -1.16. The van der Waals surface area contributed by atoms with Crippen LogP contribution in [0.3, 0.4) is 0 Å². The maximum Gasteiger partial charge on any atom is 0.408 e. The fourth-order valence-electron chi connectivity index (χ4n) is 2.25. The molecule has 2 atom stereocenters. The van der Waals surface area contributed by atoms with E-state index in [0.717, 1.165) is 5.56 Å². The van der Waals surface area contributed by atoms with Crippen molar-refractivity contribution in [3.8, 4) is 0 Å². The standard InChI is InChI=1S/C15H19NO4/c1-14(2,3)20-13(19)16-15(12(17)18)9-11(15)10-7-5-4-6-8-10/h4-8,11H,9H2,1-3H3,(H,16,19)(H,17,18)/p-1/t11-,15-/m0/s1. The van der Waals surface area contributed by atoms with E-state index < -0.39 is 23.2 Å². The van der Waals surface area contributed by atoms with E-state index in [0.29, 0.717) is 6.42 Å². The van der Waals surface area contributed by atoms with Crippen LogP contribution in [0.25, 0.3) is 0 Å². The van der Waals surface area contributed by atoms with E-state index in [1.54, 1.807) is 20.8 Å². The number of hydrogen-bond donors (Lipinski definition) is 1. The first-order chi connectivity index (χ1) is 9.24. The average molecular weight is 276 g/mol. The van der Waals surface area contributed by atoms with Gasteiger partial charge in [0.2, 0.25) is 0 Å². The van der Waals surface area contributed by atoms with Gasteiger partial charge in [0.05, 0.1) is 11.5 Å². The molecule has 1 aliphatic carbocycles. The van der Waals surface area contributed by atoms with Crippen LogP contribution in [0.15, 0.2) is 30.3 Å². The summed E-state index contributed by atoms with van der Waals surface area (Å²) in [7, 11) is 0. The molecule has 1 aliphatic rings. The number of benzene rings is 1. The first-order valence-corrected chi connectivity index (χ1v) is 6.52. The summed E-state index contributed by atoms with van der Waals surface area (Å²) in [6.07, 6.45) is -0.418. The number of carboxylic acid groups (broad SMARTS) is 1. The third kappa shape index (κ3) is 2.92. The molecular formula is C15H18NO4-. The molecule has 1 fully saturated rings. The summed E-state index contributed by atoms with van der Waals surface area (Å²) in [5, 5.41) is 13.8. The maximum atomic E-state index is 11.8. The SMILES string of the molecule is CC(C)(C)OC(=O)N[C@@]1(C(=O)[O-])C[C@H]1c1ccccc1. The van der Waals surface area contributed by atoms with Gasteiger partial charge in [0.15, 0.2) is 0 Å². The number of alkyl carbamates (subject to hydrolysis) is 1. The van der Waals surface area contributed by atoms with E-state index in [4.69, 9.17) is 4.74 Å². The smallest absolute Gasteiger partial charge is 0.408 e. The molecule has 1 saturated carbocycles. The first-order valence-electron chi connectivity index (χ1n) is 6.52. The fourth-order valence-corrected chi connectivity index (χ4v) is 2.25. The van der Waals surface area contributed by atoms with Crippen LogP contribution in [0.2, 0.25) is 0 Å². The Kier molecular flexibility index (Phi) is 3.46. The molecule has 0 unspecified atom stereocenters. The summed E-state index contributed by atoms with van der Waals surface area (Å²) in [6.45, 7) is 5.17. The molecule has 1 aromatic rings. The van der Waals surface area contributed by atoms with E-state index in [9.17, 15) is 14.7 Å². The Labute approximate surface area is 117 Å². The number of carbonyl (C=O) groups is 2. The minimum atomic E-state index is -1.36. The highest BCUT2D eigenvalue weighted by Crippen LogP contribution is 2.51. The zero-order valence-corrected chi connectivity index (χ0v) is 11.8. The van der Waals surface area contributed by atoms with E-state index in [2.05, 4.69) is 5.32 Å². The second-order valence-electron chi connectivity index (χ2n) is 6.05. The van der Waals surface area contributed by atoms with Crippen molar-refractivity contribution in [1.82, 2.24) is 5.32 Å². The molecule has 0 aromatic heterocycles. The highest BCUT2D eigenvalue weighted by atomic mass is 16.6. The van der Waals surface area contributed by atoms with Crippen LogP contribution in [0.5, 0.6) is 0 Å². The van der Waals surface area contributed by atoms with Gasteiger partial charge in [-0.15, -0.1) is 0 Å². The highest BCUT2D eigenvalue weighted by molar-refractivity contribution is 5.88. The molecule has 1 aromatic carbocycles. The van der Waals surface area contributed by atoms with Crippen LogP contribution in [0.1, 0.15) is 38.7 Å². The lowest BCUT2D eigenvalue weighted by Crippen LogP contribution is -2.52. The lowest BCUT2D eigenvalue weighted by atomic mass is 10.1. The lowest BCUT2D eigenvalue weighted by molar-refractivity contribution is -0.310. The number of rotatable bonds is 3. The minimum absolute atomic E-state index is 0.277. The van der Waals surface area contributed by atoms with Crippen LogP contribution in [0, 0.1) is 0 Å². The Hall–Kier alpha value is -2.04. The van der Waals surface area contributed by atoms with Crippen LogP contribution in [-0.2, 0) is 9.53 Å². The Bertz CT molecular complexity index is 520. The molecule has 5 nitrogen and oxygen atoms in total. The van der Waals surface area contributed by atoms with E-state index in [1.165, 1.54) is 0 Å². The molecule has 2 rings (SSSR count). The van der Waals surface area contributed by atoms with Crippen molar-refractivity contribution in [1.29, 1.82) is 0 Å². The van der Waals surface area contributed by atoms with E-state index in [1.807, 2.05) is 30.3 Å². The molecule has 20 heavy (non-hydrogen) atoms. The molecule has 0 radical (unpaired) electrons. The van der Waals surface area contributed by atoms with E-state index >= 15 is 0 Å². The summed E-state index contributed by atoms with van der Waals surface area (Å²) < 4.78 is 5.11. The number of ether oxygens (including phenoxy) is 1. The monoisotopic (exact) mass is 276 g/mol. The van der Waals surface area contributed by atoms with Crippen LogP contribution in [-0.4, -0.2) is 23.2 Å². The number of nitrogens with one attached hydrogen (secondary N) is 1. The summed E-state index contributed by atoms with van der Waals surface area (Å²) >= 11 is 0. The maximum absolute atomic E-state index is 11.8. The van der Waals surface area contributed by atoms with Gasteiger partial charge in [0, 0.05) is 5.92 Å². The van der Waals surface area contributed by atoms with Gasteiger partial charge in [0.25, 0.3) is 0 Å². The normalized spacial score (nSPS) is 24.9. The molecule has 1 amide bonds. The first kappa shape index (κ1) is 14.4. The van der Waals surface area contributed by atoms with Crippen molar-refractivity contribution in [3.63, 3.8) is 0 Å². The zero-order chi connectivity index (χ0) is 15.0. The Morgan fingerprint density at radius 1 is 1.30 bits per heavy atom. The number of carboxylic acids is 1. The molecule has 1 N–H and O–H groups in total. The Morgan fingerprint density at radius 3 is 2.40 bits per heavy atom. The second kappa shape index (κ2) is 4.81. The molecule has 0 spiro atoms. The predicted octanol–water partition coefficient (Wildman–Crippen LogP) is 1.19. The molecule has 5 heteroatoms. The molecule has 0 saturated heterocycles. The summed E-state index contributed by atoms with van der Waals surface area (Å²) in [5.74, 6) is -1.56. The molecule has 108 valence electrons. The summed E-state index contributed by atoms with van der Waals surface area (Å²) in [4.78, 5) is 23.2. The summed E-state index contributed by atoms with van der Waals surface area (Å²) in [6, 6.07) is 9.20. The number of aliphatic carboxylic acids is 1. The molecular weight excluding hydrogens is 258 g/mol. The van der Waals surface area contributed by atoms with Crippen LogP contribution >= 0.6 is 0 Å². The van der Waals surface area contributed by atoms with Gasteiger partial charge >= 0.3 is 6.09 Å². The van der Waals surface area contributed by atoms with Gasteiger partial charge in [-0.3, -0.25) is 0 Å². The lowest BCUT2D eigenvalue weighted by Gasteiger charge is -2.25. The average Bonchev–Trinajstić information content (AvgIpc) is 3.03. The minimum Gasteiger partial charge on any atom is -0.548 e. The molecule has 0 bridgehead atoms. The van der Waals surface area contributed by atoms with Crippen molar-refractivity contribution in [2.45, 2.75) is 44.2 Å². The number of carbonyl (C=O) groups excluding carboxylic acids is 2. The van der Waals surface area contributed by atoms with Crippen LogP contribution in [0.4, 0.5) is 4.79 Å². The van der Waals surface area contributed by atoms with Crippen molar-refractivity contribution in [2.75, 3.05) is 0 Å². The van der Waals surface area contributed by atoms with Crippen molar-refractivity contribution < 1.29 is 19.4 Å². The second-order valence-corrected chi connectivity index (χ2v) is 6.05. The third-order valence-electron chi connectivity index (χ3n) is 3.25. The third-order valence-corrected chi connectivity index (χ3v) is 3.25. The van der Waals surface area contributed by atoms with Crippen molar-refractivity contribution >= 4 is 12.1 Å². The number of amides is 1. The van der Waals surface area contributed by atoms with Crippen LogP contribution < -0.4 is 10.4 Å². The van der Waals surface area contributed by atoms with Crippen molar-refractivity contribution in [2.24, 2.45) is 0 Å². The molecule has 0 aliphatic heterocycles. The quantitative estimate of drug-likeness (QED) is 0.899. The van der Waals surface area contributed by atoms with Gasteiger partial charge in [0.1, 0.15) is 5.60 Å². The topological polar surface area (TPSA) is 78.5 Å². The Balaban J connectivity index is 2.11.